The molecule has 0 radical (unpaired) electrons. The van der Waals surface area contributed by atoms with Gasteiger partial charge in [0.2, 0.25) is 0 Å². The van der Waals surface area contributed by atoms with Crippen LogP contribution in [-0.4, -0.2) is 38.7 Å². The Kier molecular flexibility index (Phi) is 14.9. The second kappa shape index (κ2) is 14.0. The summed E-state index contributed by atoms with van der Waals surface area (Å²) >= 11 is 0. The molecule has 2 N–H and O–H groups in total. The number of phenolic OH excluding ortho intramolecular Hbond substituents is 1. The van der Waals surface area contributed by atoms with Crippen LogP contribution in [0.1, 0.15) is 94.2 Å². The van der Waals surface area contributed by atoms with E-state index in [9.17, 15) is 24.6 Å². The van der Waals surface area contributed by atoms with Crippen molar-refractivity contribution in [2.75, 3.05) is 0 Å². The van der Waals surface area contributed by atoms with Gasteiger partial charge in [0.1, 0.15) is 5.75 Å². The van der Waals surface area contributed by atoms with Crippen molar-refractivity contribution in [3.8, 4) is 5.75 Å². The summed E-state index contributed by atoms with van der Waals surface area (Å²) in [5, 5.41) is 19.8. The zero-order valence-corrected chi connectivity index (χ0v) is 19.1. The number of benzene rings is 1. The number of carboxylic acid groups (broad SMARTS) is 1. The maximum Gasteiger partial charge on any atom is 0.306 e. The molecule has 0 bridgehead atoms. The number of aromatic hydroxyl groups is 1. The molecule has 1 aromatic carbocycles. The summed E-state index contributed by atoms with van der Waals surface area (Å²) in [6.07, 6.45) is 1.63. The lowest BCUT2D eigenvalue weighted by Crippen LogP contribution is -2.37. The number of nitrogens with zero attached hydrogens (tertiary/aromatic N) is 1. The number of carboxylic acids is 1. The Labute approximate surface area is 201 Å². The van der Waals surface area contributed by atoms with Gasteiger partial charge in [0, 0.05) is 12.8 Å². The highest BCUT2D eigenvalue weighted by molar-refractivity contribution is 6.00. The van der Waals surface area contributed by atoms with Crippen molar-refractivity contribution in [3.63, 3.8) is 0 Å². The van der Waals surface area contributed by atoms with E-state index in [1.807, 2.05) is 39.8 Å². The average Bonchev–Trinajstić information content (AvgIpc) is 2.87. The van der Waals surface area contributed by atoms with Gasteiger partial charge >= 0.3 is 5.97 Å². The quantitative estimate of drug-likeness (QED) is 0.501. The van der Waals surface area contributed by atoms with Crippen LogP contribution in [0.5, 0.6) is 5.75 Å². The molecule has 7 heteroatoms. The van der Waals surface area contributed by atoms with E-state index in [1.165, 1.54) is 0 Å². The normalized spacial score (nSPS) is 14.2. The maximum atomic E-state index is 11.3. The molecule has 33 heavy (non-hydrogen) atoms. The van der Waals surface area contributed by atoms with Crippen LogP contribution in [0.25, 0.3) is 0 Å². The molecule has 2 amide bonds. The third kappa shape index (κ3) is 13.0. The van der Waals surface area contributed by atoms with E-state index < -0.39 is 17.5 Å². The van der Waals surface area contributed by atoms with E-state index in [0.717, 1.165) is 16.2 Å². The summed E-state index contributed by atoms with van der Waals surface area (Å²) in [5.74, 6) is -1.44. The third-order valence-electron chi connectivity index (χ3n) is 4.33. The fourth-order valence-corrected chi connectivity index (χ4v) is 2.98. The summed E-state index contributed by atoms with van der Waals surface area (Å²) in [6.45, 7) is 13.3. The smallest absolute Gasteiger partial charge is 0.306 e. The summed E-state index contributed by atoms with van der Waals surface area (Å²) in [6, 6.07) is 5.36. The molecule has 1 fully saturated rings. The molecule has 1 heterocycles. The van der Waals surface area contributed by atoms with Crippen LogP contribution in [0, 0.1) is 18.3 Å². The second-order valence-corrected chi connectivity index (χ2v) is 9.91. The van der Waals surface area contributed by atoms with Crippen molar-refractivity contribution < 1.29 is 29.4 Å². The molecule has 1 saturated heterocycles. The molecule has 0 aliphatic carbocycles. The van der Waals surface area contributed by atoms with Gasteiger partial charge < -0.3 is 10.2 Å². The van der Waals surface area contributed by atoms with E-state index in [4.69, 9.17) is 4.84 Å². The lowest BCUT2D eigenvalue weighted by atomic mass is 9.82. The number of rotatable bonds is 5. The van der Waals surface area contributed by atoms with Crippen molar-refractivity contribution in [2.24, 2.45) is 11.3 Å². The van der Waals surface area contributed by atoms with Gasteiger partial charge in [-0.1, -0.05) is 55.2 Å². The monoisotopic (exact) mass is 469 g/mol. The first-order valence-corrected chi connectivity index (χ1v) is 10.2. The van der Waals surface area contributed by atoms with Crippen LogP contribution < -0.4 is 0 Å². The number of hydroxylamine groups is 2. The van der Waals surface area contributed by atoms with Crippen LogP contribution in [0.15, 0.2) is 18.2 Å². The molecule has 1 aliphatic rings. The van der Waals surface area contributed by atoms with Gasteiger partial charge in [-0.2, -0.15) is 5.06 Å². The molecule has 2 rings (SSSR count). The molecule has 1 atom stereocenters. The van der Waals surface area contributed by atoms with Gasteiger partial charge in [0.05, 0.1) is 11.5 Å². The van der Waals surface area contributed by atoms with E-state index in [-0.39, 0.29) is 58.1 Å². The topological polar surface area (TPSA) is 104 Å². The maximum absolute atomic E-state index is 11.3. The van der Waals surface area contributed by atoms with E-state index >= 15 is 0 Å². The molecular weight excluding hydrogens is 422 g/mol. The number of amides is 2. The van der Waals surface area contributed by atoms with Gasteiger partial charge in [-0.3, -0.25) is 19.2 Å². The fraction of sp³-hybridized carbons (Fsp3) is 0.654. The lowest BCUT2D eigenvalue weighted by Gasteiger charge is -2.24. The zero-order chi connectivity index (χ0) is 23.3. The number of aryl methyl sites for hydroxylation is 1. The highest BCUT2D eigenvalue weighted by atomic mass is 16.7. The van der Waals surface area contributed by atoms with Crippen LogP contribution in [-0.2, 0) is 25.6 Å². The third-order valence-corrected chi connectivity index (χ3v) is 4.33. The number of hydrogen-bond donors (Lipinski definition) is 2. The Hall–Kier alpha value is -2.41. The average molecular weight is 470 g/mol. The molecule has 1 aromatic rings. The van der Waals surface area contributed by atoms with Crippen molar-refractivity contribution in [1.29, 1.82) is 0 Å². The molecule has 1 aliphatic heterocycles. The highest BCUT2D eigenvalue weighted by Gasteiger charge is 2.33. The van der Waals surface area contributed by atoms with Gasteiger partial charge in [-0.15, -0.1) is 0 Å². The van der Waals surface area contributed by atoms with Crippen LogP contribution in [0.3, 0.4) is 0 Å². The molecule has 0 saturated carbocycles. The Morgan fingerprint density at radius 3 is 1.88 bits per heavy atom. The standard InChI is InChI=1S/C15H22O3.C8H13NO3.3CH4/c1-10-5-6-11(8-13(10)16)7-12(14(17)18)9-15(2,3)4;1-8(2,3)12-9-6(10)4-5-7(9)11;;;/h5-6,8,12,16H,7,9H2,1-4H3,(H,17,18);4-5H2,1-3H3;3*1H4. The summed E-state index contributed by atoms with van der Waals surface area (Å²) in [7, 11) is 0. The van der Waals surface area contributed by atoms with Crippen LogP contribution >= 0.6 is 0 Å². The number of carbonyl (C=O) groups is 3. The SMILES string of the molecule is C.C.C.CC(C)(C)ON1C(=O)CCC1=O.Cc1ccc(CC(CC(C)(C)C)C(=O)O)cc1O. The van der Waals surface area contributed by atoms with Crippen molar-refractivity contribution in [2.45, 2.75) is 102 Å². The molecule has 192 valence electrons. The van der Waals surface area contributed by atoms with E-state index in [2.05, 4.69) is 0 Å². The minimum atomic E-state index is -0.773. The first-order chi connectivity index (χ1) is 13.6. The molecule has 7 nitrogen and oxygen atoms in total. The van der Waals surface area contributed by atoms with Gasteiger partial charge in [-0.25, -0.2) is 0 Å². The van der Waals surface area contributed by atoms with Crippen molar-refractivity contribution in [1.82, 2.24) is 5.06 Å². The lowest BCUT2D eigenvalue weighted by molar-refractivity contribution is -0.218. The number of hydrogen-bond acceptors (Lipinski definition) is 5. The first-order valence-electron chi connectivity index (χ1n) is 10.2. The fourth-order valence-electron chi connectivity index (χ4n) is 2.98. The van der Waals surface area contributed by atoms with E-state index in [0.29, 0.717) is 12.8 Å². The van der Waals surface area contributed by atoms with Gasteiger partial charge in [-0.05, 0) is 63.1 Å². The van der Waals surface area contributed by atoms with E-state index in [1.54, 1.807) is 26.8 Å². The molecule has 0 aromatic heterocycles. The number of imide groups is 1. The Balaban J connectivity index is -0.000000531. The summed E-state index contributed by atoms with van der Waals surface area (Å²) in [4.78, 5) is 38.5. The minimum Gasteiger partial charge on any atom is -0.508 e. The number of phenols is 1. The van der Waals surface area contributed by atoms with Gasteiger partial charge in [0.25, 0.3) is 11.8 Å². The predicted molar refractivity (Wildman–Crippen MR) is 134 cm³/mol. The Bertz CT molecular complexity index is 758. The van der Waals surface area contributed by atoms with Crippen LogP contribution in [0.2, 0.25) is 0 Å². The highest BCUT2D eigenvalue weighted by Crippen LogP contribution is 2.28. The molecular formula is C26H47NO6. The predicted octanol–water partition coefficient (Wildman–Crippen LogP) is 6.15. The van der Waals surface area contributed by atoms with Crippen molar-refractivity contribution in [3.05, 3.63) is 29.3 Å². The second-order valence-electron chi connectivity index (χ2n) is 9.91. The summed E-state index contributed by atoms with van der Waals surface area (Å²) in [5.41, 5.74) is 1.17. The minimum absolute atomic E-state index is 0. The Morgan fingerprint density at radius 1 is 1.03 bits per heavy atom. The molecule has 0 spiro atoms. The van der Waals surface area contributed by atoms with Crippen molar-refractivity contribution >= 4 is 17.8 Å². The zero-order valence-electron chi connectivity index (χ0n) is 19.1. The number of aliphatic carboxylic acids is 1. The largest absolute Gasteiger partial charge is 0.508 e. The Morgan fingerprint density at radius 2 is 1.52 bits per heavy atom. The van der Waals surface area contributed by atoms with Gasteiger partial charge in [0.15, 0.2) is 0 Å². The molecule has 1 unspecified atom stereocenters. The first kappa shape index (κ1) is 35.2. The number of carbonyl (C=O) groups excluding carboxylic acids is 2. The summed E-state index contributed by atoms with van der Waals surface area (Å²) < 4.78 is 0. The van der Waals surface area contributed by atoms with Crippen LogP contribution in [0.4, 0.5) is 0 Å².